The molecule has 1 N–H and O–H groups in total. The van der Waals surface area contributed by atoms with Crippen molar-refractivity contribution in [3.63, 3.8) is 0 Å². The summed E-state index contributed by atoms with van der Waals surface area (Å²) in [6.07, 6.45) is 3.24. The number of aromatic amines is 1. The summed E-state index contributed by atoms with van der Waals surface area (Å²) in [5.41, 5.74) is 0.696. The van der Waals surface area contributed by atoms with Crippen LogP contribution in [0.25, 0.3) is 0 Å². The van der Waals surface area contributed by atoms with Crippen molar-refractivity contribution in [2.24, 2.45) is 0 Å². The Hall–Kier alpha value is -2.70. The van der Waals surface area contributed by atoms with Crippen molar-refractivity contribution in [3.8, 4) is 0 Å². The fourth-order valence-corrected chi connectivity index (χ4v) is 1.87. The monoisotopic (exact) mass is 274 g/mol. The summed E-state index contributed by atoms with van der Waals surface area (Å²) >= 11 is 0. The minimum absolute atomic E-state index is 0.0871. The molecule has 20 heavy (non-hydrogen) atoms. The first-order chi connectivity index (χ1) is 9.49. The number of carbonyl (C=O) groups excluding carboxylic acids is 1. The molecule has 0 radical (unpaired) electrons. The SMILES string of the molecule is Cc1ccc([N+](=O)[O-])c(C(=O)N(C)Cc2ncc[nH]2)c1. The van der Waals surface area contributed by atoms with Gasteiger partial charge in [-0.2, -0.15) is 0 Å². The summed E-state index contributed by atoms with van der Waals surface area (Å²) in [7, 11) is 1.58. The molecule has 0 atom stereocenters. The van der Waals surface area contributed by atoms with E-state index < -0.39 is 10.8 Å². The largest absolute Gasteiger partial charge is 0.347 e. The van der Waals surface area contributed by atoms with E-state index in [1.54, 1.807) is 32.4 Å². The summed E-state index contributed by atoms with van der Waals surface area (Å²) in [6, 6.07) is 4.49. The number of imidazole rings is 1. The van der Waals surface area contributed by atoms with Crippen LogP contribution in [0.4, 0.5) is 5.69 Å². The molecule has 1 aromatic carbocycles. The van der Waals surface area contributed by atoms with Gasteiger partial charge in [-0.25, -0.2) is 4.98 Å². The molecule has 0 aliphatic carbocycles. The second kappa shape index (κ2) is 5.52. The number of nitrogens with zero attached hydrogens (tertiary/aromatic N) is 3. The molecule has 0 fully saturated rings. The van der Waals surface area contributed by atoms with E-state index in [0.29, 0.717) is 5.82 Å². The molecule has 2 rings (SSSR count). The van der Waals surface area contributed by atoms with E-state index >= 15 is 0 Å². The van der Waals surface area contributed by atoms with Crippen molar-refractivity contribution >= 4 is 11.6 Å². The normalized spacial score (nSPS) is 10.3. The lowest BCUT2D eigenvalue weighted by Gasteiger charge is -2.16. The highest BCUT2D eigenvalue weighted by atomic mass is 16.6. The summed E-state index contributed by atoms with van der Waals surface area (Å²) in [4.78, 5) is 31.1. The smallest absolute Gasteiger partial charge is 0.282 e. The Morgan fingerprint density at radius 1 is 1.50 bits per heavy atom. The predicted octanol–water partition coefficient (Wildman–Crippen LogP) is 1.90. The molecule has 2 aromatic rings. The molecule has 0 spiro atoms. The zero-order valence-electron chi connectivity index (χ0n) is 11.2. The number of nitro groups is 1. The molecule has 0 aliphatic rings. The van der Waals surface area contributed by atoms with E-state index in [1.165, 1.54) is 17.0 Å². The van der Waals surface area contributed by atoms with Crippen LogP contribution in [0.2, 0.25) is 0 Å². The number of amides is 1. The summed E-state index contributed by atoms with van der Waals surface area (Å²) < 4.78 is 0. The lowest BCUT2D eigenvalue weighted by molar-refractivity contribution is -0.385. The van der Waals surface area contributed by atoms with Gasteiger partial charge >= 0.3 is 0 Å². The Morgan fingerprint density at radius 3 is 2.85 bits per heavy atom. The average molecular weight is 274 g/mol. The second-order valence-corrected chi connectivity index (χ2v) is 4.47. The Labute approximate surface area is 115 Å². The molecule has 7 nitrogen and oxygen atoms in total. The van der Waals surface area contributed by atoms with Gasteiger partial charge in [-0.05, 0) is 18.6 Å². The van der Waals surface area contributed by atoms with Crippen LogP contribution in [0, 0.1) is 17.0 Å². The van der Waals surface area contributed by atoms with Gasteiger partial charge < -0.3 is 9.88 Å². The van der Waals surface area contributed by atoms with Crippen molar-refractivity contribution in [3.05, 3.63) is 57.7 Å². The third kappa shape index (κ3) is 2.82. The molecule has 0 aliphatic heterocycles. The molecule has 7 heteroatoms. The van der Waals surface area contributed by atoms with Crippen LogP contribution < -0.4 is 0 Å². The van der Waals surface area contributed by atoms with E-state index in [0.717, 1.165) is 5.56 Å². The average Bonchev–Trinajstić information content (AvgIpc) is 2.90. The van der Waals surface area contributed by atoms with Gasteiger partial charge in [0.05, 0.1) is 11.5 Å². The van der Waals surface area contributed by atoms with Crippen LogP contribution in [-0.4, -0.2) is 32.7 Å². The number of H-pyrrole nitrogens is 1. The van der Waals surface area contributed by atoms with E-state index in [9.17, 15) is 14.9 Å². The van der Waals surface area contributed by atoms with Crippen LogP contribution in [0.15, 0.2) is 30.6 Å². The zero-order valence-corrected chi connectivity index (χ0v) is 11.2. The van der Waals surface area contributed by atoms with Crippen molar-refractivity contribution in [1.29, 1.82) is 0 Å². The van der Waals surface area contributed by atoms with Gasteiger partial charge in [0, 0.05) is 25.5 Å². The fraction of sp³-hybridized carbons (Fsp3) is 0.231. The topological polar surface area (TPSA) is 92.1 Å². The highest BCUT2D eigenvalue weighted by molar-refractivity contribution is 5.98. The van der Waals surface area contributed by atoms with Crippen molar-refractivity contribution in [1.82, 2.24) is 14.9 Å². The second-order valence-electron chi connectivity index (χ2n) is 4.47. The Bertz CT molecular complexity index is 637. The first-order valence-corrected chi connectivity index (χ1v) is 5.98. The lowest BCUT2D eigenvalue weighted by atomic mass is 10.1. The molecule has 1 aromatic heterocycles. The molecular weight excluding hydrogens is 260 g/mol. The summed E-state index contributed by atoms with van der Waals surface area (Å²) in [5, 5.41) is 11.0. The lowest BCUT2D eigenvalue weighted by Crippen LogP contribution is -2.27. The van der Waals surface area contributed by atoms with Gasteiger partial charge in [-0.3, -0.25) is 14.9 Å². The van der Waals surface area contributed by atoms with E-state index in [-0.39, 0.29) is 17.8 Å². The fourth-order valence-electron chi connectivity index (χ4n) is 1.87. The van der Waals surface area contributed by atoms with Gasteiger partial charge in [0.2, 0.25) is 0 Å². The number of nitrogens with one attached hydrogen (secondary N) is 1. The number of hydrogen-bond donors (Lipinski definition) is 1. The number of aryl methyl sites for hydroxylation is 1. The predicted molar refractivity (Wildman–Crippen MR) is 72.2 cm³/mol. The van der Waals surface area contributed by atoms with E-state index in [4.69, 9.17) is 0 Å². The summed E-state index contributed by atoms with van der Waals surface area (Å²) in [5.74, 6) is 0.216. The molecule has 1 amide bonds. The minimum atomic E-state index is -0.548. The highest BCUT2D eigenvalue weighted by Crippen LogP contribution is 2.21. The van der Waals surface area contributed by atoms with E-state index in [1.807, 2.05) is 0 Å². The maximum absolute atomic E-state index is 12.3. The van der Waals surface area contributed by atoms with E-state index in [2.05, 4.69) is 9.97 Å². The van der Waals surface area contributed by atoms with Crippen LogP contribution in [0.5, 0.6) is 0 Å². The first kappa shape index (κ1) is 13.7. The van der Waals surface area contributed by atoms with Gasteiger partial charge in [-0.15, -0.1) is 0 Å². The van der Waals surface area contributed by atoms with Crippen LogP contribution in [-0.2, 0) is 6.54 Å². The molecule has 0 saturated carbocycles. The highest BCUT2D eigenvalue weighted by Gasteiger charge is 2.23. The van der Waals surface area contributed by atoms with Crippen LogP contribution >= 0.6 is 0 Å². The number of aromatic nitrogens is 2. The quantitative estimate of drug-likeness (QED) is 0.680. The third-order valence-corrected chi connectivity index (χ3v) is 2.87. The molecular formula is C13H14N4O3. The Balaban J connectivity index is 2.28. The van der Waals surface area contributed by atoms with Crippen LogP contribution in [0.3, 0.4) is 0 Å². The maximum Gasteiger partial charge on any atom is 0.282 e. The maximum atomic E-state index is 12.3. The molecule has 1 heterocycles. The number of rotatable bonds is 4. The first-order valence-electron chi connectivity index (χ1n) is 5.98. The van der Waals surface area contributed by atoms with Crippen LogP contribution in [0.1, 0.15) is 21.7 Å². The van der Waals surface area contributed by atoms with Crippen molar-refractivity contribution < 1.29 is 9.72 Å². The standard InChI is InChI=1S/C13H14N4O3/c1-9-3-4-11(17(19)20)10(7-9)13(18)16(2)8-12-14-5-6-15-12/h3-7H,8H2,1-2H3,(H,14,15). The van der Waals surface area contributed by atoms with Gasteiger partial charge in [0.25, 0.3) is 11.6 Å². The van der Waals surface area contributed by atoms with Gasteiger partial charge in [0.15, 0.2) is 0 Å². The van der Waals surface area contributed by atoms with Crippen molar-refractivity contribution in [2.75, 3.05) is 7.05 Å². The number of nitro benzene ring substituents is 1. The van der Waals surface area contributed by atoms with Gasteiger partial charge in [0.1, 0.15) is 11.4 Å². The molecule has 0 bridgehead atoms. The third-order valence-electron chi connectivity index (χ3n) is 2.87. The molecule has 0 saturated heterocycles. The van der Waals surface area contributed by atoms with Gasteiger partial charge in [-0.1, -0.05) is 6.07 Å². The summed E-state index contributed by atoms with van der Waals surface area (Å²) in [6.45, 7) is 2.05. The minimum Gasteiger partial charge on any atom is -0.347 e. The van der Waals surface area contributed by atoms with Crippen molar-refractivity contribution in [2.45, 2.75) is 13.5 Å². The number of carbonyl (C=O) groups is 1. The Kier molecular flexibility index (Phi) is 3.79. The molecule has 104 valence electrons. The molecule has 0 unspecified atom stereocenters. The zero-order chi connectivity index (χ0) is 14.7. The number of hydrogen-bond acceptors (Lipinski definition) is 4. The Morgan fingerprint density at radius 2 is 2.25 bits per heavy atom. The number of benzene rings is 1.